The van der Waals surface area contributed by atoms with Crippen molar-refractivity contribution >= 4 is 5.97 Å². The molecule has 0 aliphatic heterocycles. The number of hydrogen-bond acceptors (Lipinski definition) is 3. The van der Waals surface area contributed by atoms with Crippen molar-refractivity contribution in [1.29, 1.82) is 0 Å². The van der Waals surface area contributed by atoms with Crippen LogP contribution in [0.5, 0.6) is 0 Å². The van der Waals surface area contributed by atoms with Crippen molar-refractivity contribution in [1.82, 2.24) is 0 Å². The molecule has 0 heterocycles. The van der Waals surface area contributed by atoms with Gasteiger partial charge in [-0.3, -0.25) is 4.79 Å². The lowest BCUT2D eigenvalue weighted by Crippen LogP contribution is -2.34. The van der Waals surface area contributed by atoms with Crippen LogP contribution in [0.3, 0.4) is 0 Å². The van der Waals surface area contributed by atoms with Gasteiger partial charge in [-0.1, -0.05) is 20.3 Å². The van der Waals surface area contributed by atoms with Crippen LogP contribution in [0, 0.1) is 0 Å². The third-order valence-corrected chi connectivity index (χ3v) is 1.92. The minimum absolute atomic E-state index is 0.118. The van der Waals surface area contributed by atoms with Crippen LogP contribution in [-0.2, 0) is 9.53 Å². The van der Waals surface area contributed by atoms with Crippen LogP contribution in [-0.4, -0.2) is 23.3 Å². The Kier molecular flexibility index (Phi) is 4.90. The van der Waals surface area contributed by atoms with E-state index >= 15 is 0 Å². The zero-order valence-corrected chi connectivity index (χ0v) is 8.09. The Labute approximate surface area is 73.7 Å². The maximum atomic E-state index is 10.5. The largest absolute Gasteiger partial charge is 0.463 e. The van der Waals surface area contributed by atoms with E-state index in [9.17, 15) is 9.90 Å². The fourth-order valence-corrected chi connectivity index (χ4v) is 1.05. The predicted molar refractivity (Wildman–Crippen MR) is 46.8 cm³/mol. The van der Waals surface area contributed by atoms with Crippen LogP contribution >= 0.6 is 0 Å². The number of esters is 1. The maximum Gasteiger partial charge on any atom is 0.302 e. The summed E-state index contributed by atoms with van der Waals surface area (Å²) in [5.74, 6) is -0.335. The summed E-state index contributed by atoms with van der Waals surface area (Å²) >= 11 is 0. The van der Waals surface area contributed by atoms with Gasteiger partial charge in [0.1, 0.15) is 6.61 Å². The first-order valence-corrected chi connectivity index (χ1v) is 4.40. The Morgan fingerprint density at radius 3 is 2.42 bits per heavy atom. The third-order valence-electron chi connectivity index (χ3n) is 1.92. The normalized spacial score (nSPS) is 15.3. The van der Waals surface area contributed by atoms with Gasteiger partial charge in [0.15, 0.2) is 0 Å². The van der Waals surface area contributed by atoms with Gasteiger partial charge in [-0.2, -0.15) is 0 Å². The van der Waals surface area contributed by atoms with Gasteiger partial charge in [0.2, 0.25) is 0 Å². The number of carbonyl (C=O) groups excluding carboxylic acids is 1. The van der Waals surface area contributed by atoms with Gasteiger partial charge in [-0.15, -0.1) is 0 Å². The van der Waals surface area contributed by atoms with Gasteiger partial charge in [0.05, 0.1) is 5.60 Å². The average Bonchev–Trinajstić information content (AvgIpc) is 2.02. The topological polar surface area (TPSA) is 46.5 Å². The van der Waals surface area contributed by atoms with Crippen LogP contribution in [0.2, 0.25) is 0 Å². The summed E-state index contributed by atoms with van der Waals surface area (Å²) < 4.78 is 4.76. The highest BCUT2D eigenvalue weighted by Crippen LogP contribution is 2.17. The maximum absolute atomic E-state index is 10.5. The highest BCUT2D eigenvalue weighted by molar-refractivity contribution is 5.65. The minimum atomic E-state index is -0.819. The number of carbonyl (C=O) groups is 1. The monoisotopic (exact) mass is 174 g/mol. The van der Waals surface area contributed by atoms with Crippen LogP contribution in [0.4, 0.5) is 0 Å². The number of ether oxygens (including phenoxy) is 1. The lowest BCUT2D eigenvalue weighted by Gasteiger charge is -2.25. The molecule has 1 unspecified atom stereocenters. The van der Waals surface area contributed by atoms with Crippen molar-refractivity contribution in [3.8, 4) is 0 Å². The molecule has 72 valence electrons. The molecule has 12 heavy (non-hydrogen) atoms. The van der Waals surface area contributed by atoms with Crippen LogP contribution < -0.4 is 0 Å². The average molecular weight is 174 g/mol. The Morgan fingerprint density at radius 1 is 1.50 bits per heavy atom. The van der Waals surface area contributed by atoms with E-state index in [-0.39, 0.29) is 12.6 Å². The van der Waals surface area contributed by atoms with E-state index in [2.05, 4.69) is 0 Å². The van der Waals surface area contributed by atoms with Gasteiger partial charge in [-0.25, -0.2) is 0 Å². The van der Waals surface area contributed by atoms with Crippen LogP contribution in [0.25, 0.3) is 0 Å². The molecule has 1 N–H and O–H groups in total. The first kappa shape index (κ1) is 11.4. The van der Waals surface area contributed by atoms with E-state index < -0.39 is 5.60 Å². The van der Waals surface area contributed by atoms with E-state index in [1.807, 2.05) is 13.8 Å². The Bertz CT molecular complexity index is 145. The molecule has 0 rings (SSSR count). The third kappa shape index (κ3) is 4.34. The minimum Gasteiger partial charge on any atom is -0.463 e. The molecule has 0 aromatic heterocycles. The van der Waals surface area contributed by atoms with Gasteiger partial charge in [0.25, 0.3) is 0 Å². The summed E-state index contributed by atoms with van der Waals surface area (Å²) in [4.78, 5) is 10.5. The second-order valence-corrected chi connectivity index (χ2v) is 3.11. The molecular formula is C9H18O3. The summed E-state index contributed by atoms with van der Waals surface area (Å²) in [7, 11) is 0. The summed E-state index contributed by atoms with van der Waals surface area (Å²) in [6.45, 7) is 5.35. The predicted octanol–water partition coefficient (Wildman–Crippen LogP) is 1.49. The first-order chi connectivity index (χ1) is 5.54. The Hall–Kier alpha value is -0.570. The van der Waals surface area contributed by atoms with Crippen molar-refractivity contribution in [2.24, 2.45) is 0 Å². The highest BCUT2D eigenvalue weighted by Gasteiger charge is 2.24. The molecule has 0 spiro atoms. The van der Waals surface area contributed by atoms with E-state index in [0.717, 1.165) is 6.42 Å². The molecule has 0 amide bonds. The second-order valence-electron chi connectivity index (χ2n) is 3.11. The molecule has 0 radical (unpaired) electrons. The summed E-state index contributed by atoms with van der Waals surface area (Å²) in [5, 5.41) is 9.79. The lowest BCUT2D eigenvalue weighted by atomic mass is 9.96. The Morgan fingerprint density at radius 2 is 2.08 bits per heavy atom. The smallest absolute Gasteiger partial charge is 0.302 e. The van der Waals surface area contributed by atoms with Crippen molar-refractivity contribution in [2.75, 3.05) is 6.61 Å². The van der Waals surface area contributed by atoms with E-state index in [1.165, 1.54) is 6.92 Å². The molecule has 0 bridgehead atoms. The quantitative estimate of drug-likeness (QED) is 0.642. The molecule has 0 aliphatic rings. The summed E-state index contributed by atoms with van der Waals surface area (Å²) in [6, 6.07) is 0. The molecule has 0 aromatic rings. The van der Waals surface area contributed by atoms with Gasteiger partial charge < -0.3 is 9.84 Å². The van der Waals surface area contributed by atoms with E-state index in [4.69, 9.17) is 4.74 Å². The summed E-state index contributed by atoms with van der Waals surface area (Å²) in [6.07, 6.45) is 2.19. The van der Waals surface area contributed by atoms with Crippen LogP contribution in [0.1, 0.15) is 40.0 Å². The zero-order chi connectivity index (χ0) is 9.61. The summed E-state index contributed by atoms with van der Waals surface area (Å²) in [5.41, 5.74) is -0.819. The Balaban J connectivity index is 3.86. The van der Waals surface area contributed by atoms with Gasteiger partial charge >= 0.3 is 5.97 Å². The fraction of sp³-hybridized carbons (Fsp3) is 0.889. The molecule has 0 saturated heterocycles. The van der Waals surface area contributed by atoms with Crippen molar-refractivity contribution in [3.05, 3.63) is 0 Å². The second kappa shape index (κ2) is 5.14. The fourth-order valence-electron chi connectivity index (χ4n) is 1.05. The van der Waals surface area contributed by atoms with Crippen LogP contribution in [0.15, 0.2) is 0 Å². The first-order valence-electron chi connectivity index (χ1n) is 4.40. The molecule has 1 atom stereocenters. The van der Waals surface area contributed by atoms with Crippen molar-refractivity contribution in [3.63, 3.8) is 0 Å². The molecular weight excluding hydrogens is 156 g/mol. The van der Waals surface area contributed by atoms with Crippen molar-refractivity contribution < 1.29 is 14.6 Å². The highest BCUT2D eigenvalue weighted by atomic mass is 16.5. The SMILES string of the molecule is CCCC(O)(CC)COC(C)=O. The van der Waals surface area contributed by atoms with Gasteiger partial charge in [-0.05, 0) is 12.8 Å². The number of aliphatic hydroxyl groups is 1. The molecule has 0 aromatic carbocycles. The molecule has 0 saturated carbocycles. The molecule has 3 nitrogen and oxygen atoms in total. The molecule has 3 heteroatoms. The number of rotatable bonds is 5. The van der Waals surface area contributed by atoms with Gasteiger partial charge in [0, 0.05) is 6.92 Å². The van der Waals surface area contributed by atoms with E-state index in [0.29, 0.717) is 12.8 Å². The van der Waals surface area contributed by atoms with Crippen molar-refractivity contribution in [2.45, 2.75) is 45.6 Å². The molecule has 0 aliphatic carbocycles. The lowest BCUT2D eigenvalue weighted by molar-refractivity contribution is -0.149. The van der Waals surface area contributed by atoms with E-state index in [1.54, 1.807) is 0 Å². The number of hydrogen-bond donors (Lipinski definition) is 1. The zero-order valence-electron chi connectivity index (χ0n) is 8.09. The standard InChI is InChI=1S/C9H18O3/c1-4-6-9(11,5-2)7-12-8(3)10/h11H,4-7H2,1-3H3. The molecule has 0 fully saturated rings.